The zero-order valence-corrected chi connectivity index (χ0v) is 12.9. The first kappa shape index (κ1) is 15.9. The summed E-state index contributed by atoms with van der Waals surface area (Å²) in [7, 11) is 0. The predicted octanol–water partition coefficient (Wildman–Crippen LogP) is 0.404. The highest BCUT2D eigenvalue weighted by atomic mass is 16.5. The highest BCUT2D eigenvalue weighted by Crippen LogP contribution is 2.09. The average molecular weight is 295 g/mol. The van der Waals surface area contributed by atoms with E-state index in [9.17, 15) is 4.79 Å². The molecule has 1 aromatic heterocycles. The minimum absolute atomic E-state index is 0.0735. The Hall–Kier alpha value is -1.47. The van der Waals surface area contributed by atoms with Gasteiger partial charge in [-0.25, -0.2) is 0 Å². The molecule has 1 unspecified atom stereocenters. The molecule has 0 bridgehead atoms. The second-order valence-electron chi connectivity index (χ2n) is 5.45. The Bertz CT molecular complexity index is 454. The van der Waals surface area contributed by atoms with Crippen LogP contribution in [0, 0.1) is 0 Å². The SMILES string of the molecule is CCCC(N)C(=O)N1CCN(Cc2noc(CC)n2)CC1. The van der Waals surface area contributed by atoms with Crippen molar-refractivity contribution >= 4 is 5.91 Å². The van der Waals surface area contributed by atoms with Gasteiger partial charge in [-0.1, -0.05) is 25.4 Å². The van der Waals surface area contributed by atoms with Crippen LogP contribution >= 0.6 is 0 Å². The number of aryl methyl sites for hydroxylation is 1. The summed E-state index contributed by atoms with van der Waals surface area (Å²) in [5.74, 6) is 1.46. The van der Waals surface area contributed by atoms with E-state index in [0.29, 0.717) is 31.3 Å². The molecule has 1 amide bonds. The molecule has 7 nitrogen and oxygen atoms in total. The minimum Gasteiger partial charge on any atom is -0.339 e. The van der Waals surface area contributed by atoms with E-state index in [0.717, 1.165) is 32.4 Å². The summed E-state index contributed by atoms with van der Waals surface area (Å²) >= 11 is 0. The molecule has 21 heavy (non-hydrogen) atoms. The molecule has 0 saturated carbocycles. The van der Waals surface area contributed by atoms with Gasteiger partial charge >= 0.3 is 0 Å². The van der Waals surface area contributed by atoms with E-state index in [4.69, 9.17) is 10.3 Å². The molecular formula is C14H25N5O2. The lowest BCUT2D eigenvalue weighted by Gasteiger charge is -2.35. The Balaban J connectivity index is 1.79. The Morgan fingerprint density at radius 1 is 1.33 bits per heavy atom. The van der Waals surface area contributed by atoms with Crippen molar-refractivity contribution in [2.75, 3.05) is 26.2 Å². The van der Waals surface area contributed by atoms with Crippen LogP contribution in [0.1, 0.15) is 38.4 Å². The largest absolute Gasteiger partial charge is 0.339 e. The van der Waals surface area contributed by atoms with Crippen LogP contribution < -0.4 is 5.73 Å². The number of hydrogen-bond acceptors (Lipinski definition) is 6. The summed E-state index contributed by atoms with van der Waals surface area (Å²) in [4.78, 5) is 20.5. The maximum absolute atomic E-state index is 12.1. The Morgan fingerprint density at radius 2 is 2.05 bits per heavy atom. The van der Waals surface area contributed by atoms with Crippen LogP contribution in [0.5, 0.6) is 0 Å². The standard InChI is InChI=1S/C14H25N5O2/c1-3-5-11(15)14(20)19-8-6-18(7-9-19)10-12-16-13(4-2)21-17-12/h11H,3-10,15H2,1-2H3. The van der Waals surface area contributed by atoms with Crippen LogP contribution in [0.3, 0.4) is 0 Å². The number of amides is 1. The highest BCUT2D eigenvalue weighted by Gasteiger charge is 2.25. The van der Waals surface area contributed by atoms with Crippen molar-refractivity contribution in [2.24, 2.45) is 5.73 Å². The predicted molar refractivity (Wildman–Crippen MR) is 78.4 cm³/mol. The second-order valence-corrected chi connectivity index (χ2v) is 5.45. The Morgan fingerprint density at radius 3 is 2.62 bits per heavy atom. The van der Waals surface area contributed by atoms with Gasteiger partial charge in [0.15, 0.2) is 5.82 Å². The minimum atomic E-state index is -0.356. The molecular weight excluding hydrogens is 270 g/mol. The number of nitrogens with zero attached hydrogens (tertiary/aromatic N) is 4. The first-order chi connectivity index (χ1) is 10.1. The fourth-order valence-corrected chi connectivity index (χ4v) is 2.49. The molecule has 1 aliphatic rings. The smallest absolute Gasteiger partial charge is 0.239 e. The molecule has 7 heteroatoms. The van der Waals surface area contributed by atoms with Gasteiger partial charge < -0.3 is 15.2 Å². The molecule has 1 atom stereocenters. The fraction of sp³-hybridized carbons (Fsp3) is 0.786. The zero-order chi connectivity index (χ0) is 15.2. The molecule has 2 N–H and O–H groups in total. The number of carbonyl (C=O) groups excluding carboxylic acids is 1. The summed E-state index contributed by atoms with van der Waals surface area (Å²) in [6.45, 7) is 7.78. The highest BCUT2D eigenvalue weighted by molar-refractivity contribution is 5.81. The normalized spacial score (nSPS) is 18.0. The topological polar surface area (TPSA) is 88.5 Å². The van der Waals surface area contributed by atoms with Crippen LogP contribution in [0.4, 0.5) is 0 Å². The lowest BCUT2D eigenvalue weighted by molar-refractivity contribution is -0.134. The number of rotatable bonds is 6. The number of aromatic nitrogens is 2. The molecule has 0 spiro atoms. The summed E-state index contributed by atoms with van der Waals surface area (Å²) in [5.41, 5.74) is 5.90. The van der Waals surface area contributed by atoms with Crippen molar-refractivity contribution in [1.82, 2.24) is 19.9 Å². The quantitative estimate of drug-likeness (QED) is 0.817. The zero-order valence-electron chi connectivity index (χ0n) is 12.9. The first-order valence-electron chi connectivity index (χ1n) is 7.72. The van der Waals surface area contributed by atoms with Crippen molar-refractivity contribution < 1.29 is 9.32 Å². The number of nitrogens with two attached hydrogens (primary N) is 1. The van der Waals surface area contributed by atoms with E-state index in [2.05, 4.69) is 15.0 Å². The van der Waals surface area contributed by atoms with E-state index >= 15 is 0 Å². The molecule has 2 heterocycles. The van der Waals surface area contributed by atoms with Gasteiger partial charge in [0, 0.05) is 32.6 Å². The number of piperazine rings is 1. The van der Waals surface area contributed by atoms with Gasteiger partial charge in [0.05, 0.1) is 12.6 Å². The van der Waals surface area contributed by atoms with Crippen LogP contribution in [-0.2, 0) is 17.8 Å². The summed E-state index contributed by atoms with van der Waals surface area (Å²) in [5, 5.41) is 3.96. The molecule has 0 radical (unpaired) electrons. The molecule has 0 aliphatic carbocycles. The average Bonchev–Trinajstić information content (AvgIpc) is 2.95. The van der Waals surface area contributed by atoms with E-state index < -0.39 is 0 Å². The lowest BCUT2D eigenvalue weighted by atomic mass is 10.1. The molecule has 1 fully saturated rings. The van der Waals surface area contributed by atoms with Gasteiger partial charge in [0.1, 0.15) is 0 Å². The van der Waals surface area contributed by atoms with Crippen molar-refractivity contribution in [2.45, 2.75) is 45.7 Å². The van der Waals surface area contributed by atoms with Gasteiger partial charge in [-0.3, -0.25) is 9.69 Å². The van der Waals surface area contributed by atoms with Crippen LogP contribution in [0.25, 0.3) is 0 Å². The van der Waals surface area contributed by atoms with Crippen LogP contribution in [0.2, 0.25) is 0 Å². The van der Waals surface area contributed by atoms with E-state index in [-0.39, 0.29) is 11.9 Å². The van der Waals surface area contributed by atoms with E-state index in [1.807, 2.05) is 18.7 Å². The third-order valence-electron chi connectivity index (χ3n) is 3.78. The second kappa shape index (κ2) is 7.51. The van der Waals surface area contributed by atoms with Gasteiger partial charge in [0.25, 0.3) is 0 Å². The Labute approximate surface area is 125 Å². The molecule has 0 aromatic carbocycles. The molecule has 1 saturated heterocycles. The number of carbonyl (C=O) groups is 1. The third-order valence-corrected chi connectivity index (χ3v) is 3.78. The maximum Gasteiger partial charge on any atom is 0.239 e. The van der Waals surface area contributed by atoms with Crippen molar-refractivity contribution in [3.63, 3.8) is 0 Å². The molecule has 2 rings (SSSR count). The van der Waals surface area contributed by atoms with Gasteiger partial charge in [-0.05, 0) is 6.42 Å². The summed E-state index contributed by atoms with van der Waals surface area (Å²) in [6, 6.07) is -0.356. The van der Waals surface area contributed by atoms with Crippen molar-refractivity contribution in [1.29, 1.82) is 0 Å². The summed E-state index contributed by atoms with van der Waals surface area (Å²) in [6.07, 6.45) is 2.44. The summed E-state index contributed by atoms with van der Waals surface area (Å²) < 4.78 is 5.10. The monoisotopic (exact) mass is 295 g/mol. The third kappa shape index (κ3) is 4.25. The van der Waals surface area contributed by atoms with Gasteiger partial charge in [0.2, 0.25) is 11.8 Å². The van der Waals surface area contributed by atoms with Crippen molar-refractivity contribution in [3.05, 3.63) is 11.7 Å². The first-order valence-corrected chi connectivity index (χ1v) is 7.72. The van der Waals surface area contributed by atoms with Crippen molar-refractivity contribution in [3.8, 4) is 0 Å². The fourth-order valence-electron chi connectivity index (χ4n) is 2.49. The number of hydrogen-bond donors (Lipinski definition) is 1. The van der Waals surface area contributed by atoms with E-state index in [1.54, 1.807) is 0 Å². The lowest BCUT2D eigenvalue weighted by Crippen LogP contribution is -2.52. The molecule has 1 aromatic rings. The van der Waals surface area contributed by atoms with E-state index in [1.165, 1.54) is 0 Å². The van der Waals surface area contributed by atoms with Gasteiger partial charge in [-0.15, -0.1) is 0 Å². The van der Waals surface area contributed by atoms with Gasteiger partial charge in [-0.2, -0.15) is 4.98 Å². The molecule has 1 aliphatic heterocycles. The Kier molecular flexibility index (Phi) is 5.69. The maximum atomic E-state index is 12.1. The van der Waals surface area contributed by atoms with Crippen LogP contribution in [-0.4, -0.2) is 58.1 Å². The van der Waals surface area contributed by atoms with Crippen LogP contribution in [0.15, 0.2) is 4.52 Å². The molecule has 118 valence electrons.